The van der Waals surface area contributed by atoms with Crippen molar-refractivity contribution in [1.29, 1.82) is 0 Å². The fourth-order valence-electron chi connectivity index (χ4n) is 2.00. The first-order valence-electron chi connectivity index (χ1n) is 5.07. The molecule has 5 heteroatoms. The Labute approximate surface area is 103 Å². The molecule has 3 nitrogen and oxygen atoms in total. The van der Waals surface area contributed by atoms with Gasteiger partial charge in [0.1, 0.15) is 5.15 Å². The summed E-state index contributed by atoms with van der Waals surface area (Å²) in [6.07, 6.45) is 4.38. The van der Waals surface area contributed by atoms with Crippen LogP contribution in [0, 0.1) is 5.41 Å². The number of aromatic nitrogens is 1. The molecular weight excluding hydrogens is 249 g/mol. The van der Waals surface area contributed by atoms with E-state index in [1.54, 1.807) is 12.3 Å². The van der Waals surface area contributed by atoms with Gasteiger partial charge < -0.3 is 5.11 Å². The molecule has 0 saturated heterocycles. The molecule has 1 aromatic rings. The Morgan fingerprint density at radius 2 is 2.19 bits per heavy atom. The number of carbonyl (C=O) groups is 1. The minimum Gasteiger partial charge on any atom is -0.481 e. The number of carboxylic acids is 1. The summed E-state index contributed by atoms with van der Waals surface area (Å²) in [7, 11) is 0. The monoisotopic (exact) mass is 259 g/mol. The van der Waals surface area contributed by atoms with Crippen LogP contribution < -0.4 is 0 Å². The van der Waals surface area contributed by atoms with Gasteiger partial charge in [0, 0.05) is 11.2 Å². The van der Waals surface area contributed by atoms with Crippen molar-refractivity contribution in [2.75, 3.05) is 0 Å². The van der Waals surface area contributed by atoms with Crippen LogP contribution in [0.4, 0.5) is 0 Å². The summed E-state index contributed by atoms with van der Waals surface area (Å²) in [6, 6.07) is 1.55. The average molecular weight is 260 g/mol. The predicted molar refractivity (Wildman–Crippen MR) is 61.9 cm³/mol. The molecule has 0 aromatic carbocycles. The number of rotatable bonds is 3. The lowest BCUT2D eigenvalue weighted by Gasteiger charge is -2.37. The highest BCUT2D eigenvalue weighted by Gasteiger charge is 2.44. The lowest BCUT2D eigenvalue weighted by atomic mass is 9.65. The third-order valence-electron chi connectivity index (χ3n) is 3.19. The summed E-state index contributed by atoms with van der Waals surface area (Å²) in [5.41, 5.74) is 0.118. The van der Waals surface area contributed by atoms with Crippen LogP contribution in [0.3, 0.4) is 0 Å². The SMILES string of the molecule is O=C(O)C1(Cc2cnc(Cl)cc2Cl)CCC1. The second kappa shape index (κ2) is 4.22. The van der Waals surface area contributed by atoms with Crippen molar-refractivity contribution in [3.63, 3.8) is 0 Å². The van der Waals surface area contributed by atoms with Gasteiger partial charge in [0.15, 0.2) is 0 Å². The Morgan fingerprint density at radius 3 is 2.62 bits per heavy atom. The van der Waals surface area contributed by atoms with Crippen LogP contribution in [0.1, 0.15) is 24.8 Å². The molecule has 0 aliphatic heterocycles. The standard InChI is InChI=1S/C11H11Cl2NO2/c12-8-4-9(13)14-6-7(8)5-11(10(15)16)2-1-3-11/h4,6H,1-3,5H2,(H,15,16). The van der Waals surface area contributed by atoms with E-state index in [1.165, 1.54) is 0 Å². The molecule has 0 radical (unpaired) electrons. The molecule has 1 heterocycles. The van der Waals surface area contributed by atoms with Crippen LogP contribution in [0.15, 0.2) is 12.3 Å². The molecule has 0 spiro atoms. The van der Waals surface area contributed by atoms with Crippen LogP contribution in [0.2, 0.25) is 10.2 Å². The second-order valence-corrected chi connectivity index (χ2v) is 5.01. The van der Waals surface area contributed by atoms with Gasteiger partial charge in [-0.05, 0) is 30.9 Å². The Kier molecular flexibility index (Phi) is 3.08. The van der Waals surface area contributed by atoms with E-state index >= 15 is 0 Å². The third kappa shape index (κ3) is 2.02. The zero-order valence-electron chi connectivity index (χ0n) is 8.54. The Balaban J connectivity index is 2.23. The van der Waals surface area contributed by atoms with Gasteiger partial charge in [-0.15, -0.1) is 0 Å². The lowest BCUT2D eigenvalue weighted by Crippen LogP contribution is -2.39. The van der Waals surface area contributed by atoms with E-state index in [4.69, 9.17) is 23.2 Å². The van der Waals surface area contributed by atoms with Crippen molar-refractivity contribution in [2.24, 2.45) is 5.41 Å². The van der Waals surface area contributed by atoms with Crippen molar-refractivity contribution < 1.29 is 9.90 Å². The molecule has 0 unspecified atom stereocenters. The Hall–Kier alpha value is -0.800. The topological polar surface area (TPSA) is 50.2 Å². The van der Waals surface area contributed by atoms with Crippen LogP contribution >= 0.6 is 23.2 Å². The van der Waals surface area contributed by atoms with Gasteiger partial charge in [-0.2, -0.15) is 0 Å². The number of nitrogens with zero attached hydrogens (tertiary/aromatic N) is 1. The van der Waals surface area contributed by atoms with Crippen molar-refractivity contribution in [1.82, 2.24) is 4.98 Å². The van der Waals surface area contributed by atoms with Gasteiger partial charge in [0.25, 0.3) is 0 Å². The van der Waals surface area contributed by atoms with Crippen molar-refractivity contribution >= 4 is 29.2 Å². The highest BCUT2D eigenvalue weighted by atomic mass is 35.5. The van der Waals surface area contributed by atoms with E-state index in [-0.39, 0.29) is 0 Å². The quantitative estimate of drug-likeness (QED) is 0.849. The van der Waals surface area contributed by atoms with E-state index in [2.05, 4.69) is 4.98 Å². The average Bonchev–Trinajstić information content (AvgIpc) is 2.13. The fraction of sp³-hybridized carbons (Fsp3) is 0.455. The van der Waals surface area contributed by atoms with Crippen LogP contribution in [0.5, 0.6) is 0 Å². The first-order valence-corrected chi connectivity index (χ1v) is 5.82. The highest BCUT2D eigenvalue weighted by Crippen LogP contribution is 2.44. The first-order chi connectivity index (χ1) is 7.53. The molecule has 86 valence electrons. The zero-order valence-corrected chi connectivity index (χ0v) is 10.1. The Bertz CT molecular complexity index is 430. The van der Waals surface area contributed by atoms with Crippen LogP contribution in [0.25, 0.3) is 0 Å². The largest absolute Gasteiger partial charge is 0.481 e. The van der Waals surface area contributed by atoms with E-state index in [0.29, 0.717) is 29.4 Å². The molecular formula is C11H11Cl2NO2. The van der Waals surface area contributed by atoms with Crippen LogP contribution in [-0.4, -0.2) is 16.1 Å². The highest BCUT2D eigenvalue weighted by molar-refractivity contribution is 6.34. The van der Waals surface area contributed by atoms with E-state index in [1.807, 2.05) is 0 Å². The number of pyridine rings is 1. The van der Waals surface area contributed by atoms with Gasteiger partial charge in [-0.1, -0.05) is 29.6 Å². The molecule has 1 aliphatic rings. The normalized spacial score (nSPS) is 17.9. The minimum atomic E-state index is -0.746. The van der Waals surface area contributed by atoms with Gasteiger partial charge in [-0.25, -0.2) is 4.98 Å². The maximum absolute atomic E-state index is 11.2. The van der Waals surface area contributed by atoms with Gasteiger partial charge in [-0.3, -0.25) is 4.79 Å². The molecule has 0 bridgehead atoms. The number of halogens is 2. The van der Waals surface area contributed by atoms with Gasteiger partial charge >= 0.3 is 5.97 Å². The van der Waals surface area contributed by atoms with Crippen molar-refractivity contribution in [3.05, 3.63) is 28.0 Å². The summed E-state index contributed by atoms with van der Waals surface area (Å²) in [4.78, 5) is 15.1. The molecule has 1 aliphatic carbocycles. The summed E-state index contributed by atoms with van der Waals surface area (Å²) >= 11 is 11.7. The summed E-state index contributed by atoms with van der Waals surface area (Å²) < 4.78 is 0. The van der Waals surface area contributed by atoms with E-state index in [9.17, 15) is 9.90 Å². The number of hydrogen-bond donors (Lipinski definition) is 1. The fourth-order valence-corrected chi connectivity index (χ4v) is 2.43. The molecule has 1 N–H and O–H groups in total. The Morgan fingerprint density at radius 1 is 1.50 bits per heavy atom. The third-order valence-corrected chi connectivity index (χ3v) is 3.75. The van der Waals surface area contributed by atoms with Gasteiger partial charge in [0.05, 0.1) is 5.41 Å². The van der Waals surface area contributed by atoms with Gasteiger partial charge in [0.2, 0.25) is 0 Å². The molecule has 1 aromatic heterocycles. The maximum Gasteiger partial charge on any atom is 0.309 e. The molecule has 2 rings (SSSR count). The smallest absolute Gasteiger partial charge is 0.309 e. The van der Waals surface area contributed by atoms with E-state index < -0.39 is 11.4 Å². The first kappa shape index (κ1) is 11.7. The number of aliphatic carboxylic acids is 1. The summed E-state index contributed by atoms with van der Waals surface area (Å²) in [5, 5.41) is 10.0. The van der Waals surface area contributed by atoms with Crippen molar-refractivity contribution in [3.8, 4) is 0 Å². The maximum atomic E-state index is 11.2. The lowest BCUT2D eigenvalue weighted by molar-refractivity contribution is -0.154. The van der Waals surface area contributed by atoms with Crippen molar-refractivity contribution in [2.45, 2.75) is 25.7 Å². The molecule has 16 heavy (non-hydrogen) atoms. The summed E-state index contributed by atoms with van der Waals surface area (Å²) in [6.45, 7) is 0. The van der Waals surface area contributed by atoms with E-state index in [0.717, 1.165) is 12.0 Å². The zero-order chi connectivity index (χ0) is 11.8. The molecule has 0 amide bonds. The molecule has 0 atom stereocenters. The number of carboxylic acid groups (broad SMARTS) is 1. The molecule has 1 saturated carbocycles. The van der Waals surface area contributed by atoms with Crippen LogP contribution in [-0.2, 0) is 11.2 Å². The number of hydrogen-bond acceptors (Lipinski definition) is 2. The predicted octanol–water partition coefficient (Wildman–Crippen LogP) is 3.19. The second-order valence-electron chi connectivity index (χ2n) is 4.21. The summed E-state index contributed by atoms with van der Waals surface area (Å²) in [5.74, 6) is -0.746. The molecule has 1 fully saturated rings. The minimum absolute atomic E-state index is 0.326.